The summed E-state index contributed by atoms with van der Waals surface area (Å²) in [7, 11) is 6.77. The Kier molecular flexibility index (Phi) is 6.49. The molecule has 1 N–H and O–H groups in total. The van der Waals surface area contributed by atoms with E-state index >= 15 is 0 Å². The van der Waals surface area contributed by atoms with Crippen LogP contribution in [0.25, 0.3) is 10.6 Å². The Morgan fingerprint density at radius 2 is 1.64 bits per heavy atom. The number of methoxy groups -OCH3 is 3. The number of quaternary nitrogens is 1. The van der Waals surface area contributed by atoms with E-state index in [0.29, 0.717) is 18.0 Å². The highest BCUT2D eigenvalue weighted by atomic mass is 32.1. The molecule has 5 nitrogen and oxygen atoms in total. The SMILES string of the molecule is COc1ccc(C[NH+](C)Cc2csc(-c3ccc(OC)c(OC)c3)n2)cc1F. The van der Waals surface area contributed by atoms with Gasteiger partial charge in [-0.15, -0.1) is 11.3 Å². The molecule has 7 heteroatoms. The third kappa shape index (κ3) is 4.61. The first-order valence-corrected chi connectivity index (χ1v) is 9.72. The van der Waals surface area contributed by atoms with Crippen LogP contribution in [0, 0.1) is 5.82 Å². The molecule has 148 valence electrons. The lowest BCUT2D eigenvalue weighted by Crippen LogP contribution is -3.06. The average molecular weight is 403 g/mol. The third-order valence-corrected chi connectivity index (χ3v) is 5.33. The second-order valence-electron chi connectivity index (χ2n) is 6.49. The zero-order valence-corrected chi connectivity index (χ0v) is 17.2. The van der Waals surface area contributed by atoms with Gasteiger partial charge in [0.15, 0.2) is 23.1 Å². The molecule has 3 aromatic rings. The van der Waals surface area contributed by atoms with E-state index in [9.17, 15) is 4.39 Å². The summed E-state index contributed by atoms with van der Waals surface area (Å²) in [5, 5.41) is 2.99. The first kappa shape index (κ1) is 20.1. The van der Waals surface area contributed by atoms with Crippen molar-refractivity contribution in [2.75, 3.05) is 28.4 Å². The van der Waals surface area contributed by atoms with Crippen LogP contribution in [0.15, 0.2) is 41.8 Å². The summed E-state index contributed by atoms with van der Waals surface area (Å²) in [6.07, 6.45) is 0. The van der Waals surface area contributed by atoms with Crippen molar-refractivity contribution in [2.45, 2.75) is 13.1 Å². The Morgan fingerprint density at radius 1 is 0.929 bits per heavy atom. The molecule has 1 unspecified atom stereocenters. The van der Waals surface area contributed by atoms with Crippen LogP contribution in [0.2, 0.25) is 0 Å². The van der Waals surface area contributed by atoms with E-state index in [2.05, 4.69) is 12.4 Å². The number of nitrogens with zero attached hydrogens (tertiary/aromatic N) is 1. The monoisotopic (exact) mass is 403 g/mol. The number of hydrogen-bond donors (Lipinski definition) is 1. The summed E-state index contributed by atoms with van der Waals surface area (Å²) in [6, 6.07) is 10.9. The lowest BCUT2D eigenvalue weighted by Gasteiger charge is -2.13. The van der Waals surface area contributed by atoms with Gasteiger partial charge in [-0.05, 0) is 36.4 Å². The van der Waals surface area contributed by atoms with Crippen molar-refractivity contribution in [1.29, 1.82) is 0 Å². The van der Waals surface area contributed by atoms with Gasteiger partial charge < -0.3 is 19.1 Å². The molecule has 0 aliphatic carbocycles. The quantitative estimate of drug-likeness (QED) is 0.628. The van der Waals surface area contributed by atoms with Gasteiger partial charge in [0.25, 0.3) is 0 Å². The number of thiazole rings is 1. The van der Waals surface area contributed by atoms with Crippen LogP contribution in [-0.2, 0) is 13.1 Å². The maximum Gasteiger partial charge on any atom is 0.165 e. The van der Waals surface area contributed by atoms with E-state index in [0.717, 1.165) is 28.4 Å². The van der Waals surface area contributed by atoms with Crippen LogP contribution < -0.4 is 19.1 Å². The third-order valence-electron chi connectivity index (χ3n) is 4.39. The van der Waals surface area contributed by atoms with Gasteiger partial charge in [0.2, 0.25) is 0 Å². The first-order valence-electron chi connectivity index (χ1n) is 8.84. The Bertz CT molecular complexity index is 945. The predicted octanol–water partition coefficient (Wildman–Crippen LogP) is 3.19. The standard InChI is InChI=1S/C21H23FN2O3S/c1-24(11-14-5-7-18(25-2)17(22)9-14)12-16-13-28-21(23-16)15-6-8-19(26-3)20(10-15)27-4/h5-10,13H,11-12H2,1-4H3/p+1. The molecule has 0 spiro atoms. The van der Waals surface area contributed by atoms with Crippen LogP contribution in [0.5, 0.6) is 17.2 Å². The van der Waals surface area contributed by atoms with Gasteiger partial charge in [-0.2, -0.15) is 0 Å². The molecule has 0 fully saturated rings. The van der Waals surface area contributed by atoms with Gasteiger partial charge in [-0.1, -0.05) is 0 Å². The van der Waals surface area contributed by atoms with Crippen molar-refractivity contribution in [3.05, 3.63) is 58.9 Å². The summed E-state index contributed by atoms with van der Waals surface area (Å²) in [5.74, 6) is 1.30. The summed E-state index contributed by atoms with van der Waals surface area (Å²) >= 11 is 1.59. The minimum atomic E-state index is -0.336. The van der Waals surface area contributed by atoms with E-state index in [-0.39, 0.29) is 11.6 Å². The fraction of sp³-hybridized carbons (Fsp3) is 0.286. The second-order valence-corrected chi connectivity index (χ2v) is 7.35. The molecule has 1 atom stereocenters. The predicted molar refractivity (Wildman–Crippen MR) is 108 cm³/mol. The lowest BCUT2D eigenvalue weighted by atomic mass is 10.2. The highest BCUT2D eigenvalue weighted by Gasteiger charge is 2.13. The van der Waals surface area contributed by atoms with E-state index in [1.165, 1.54) is 18.1 Å². The van der Waals surface area contributed by atoms with Crippen molar-refractivity contribution < 1.29 is 23.5 Å². The Balaban J connectivity index is 1.68. The van der Waals surface area contributed by atoms with Gasteiger partial charge in [-0.25, -0.2) is 9.37 Å². The topological polar surface area (TPSA) is 45.0 Å². The van der Waals surface area contributed by atoms with Gasteiger partial charge in [0.1, 0.15) is 23.8 Å². The van der Waals surface area contributed by atoms with Crippen LogP contribution in [-0.4, -0.2) is 33.4 Å². The summed E-state index contributed by atoms with van der Waals surface area (Å²) < 4.78 is 29.5. The van der Waals surface area contributed by atoms with Crippen LogP contribution in [0.3, 0.4) is 0 Å². The van der Waals surface area contributed by atoms with E-state index < -0.39 is 0 Å². The fourth-order valence-electron chi connectivity index (χ4n) is 3.03. The molecule has 0 radical (unpaired) electrons. The number of nitrogens with one attached hydrogen (secondary N) is 1. The lowest BCUT2D eigenvalue weighted by molar-refractivity contribution is -0.908. The van der Waals surface area contributed by atoms with E-state index in [1.54, 1.807) is 31.6 Å². The van der Waals surface area contributed by atoms with Crippen LogP contribution >= 0.6 is 11.3 Å². The molecule has 1 heterocycles. The van der Waals surface area contributed by atoms with Crippen molar-refractivity contribution in [3.63, 3.8) is 0 Å². The van der Waals surface area contributed by atoms with Crippen molar-refractivity contribution in [2.24, 2.45) is 0 Å². The molecule has 0 aliphatic rings. The maximum absolute atomic E-state index is 13.9. The molecule has 28 heavy (non-hydrogen) atoms. The Hall–Kier alpha value is -2.64. The molecule has 0 aliphatic heterocycles. The number of halogens is 1. The molecule has 2 aromatic carbocycles. The normalized spacial score (nSPS) is 11.9. The average Bonchev–Trinajstić information content (AvgIpc) is 3.15. The summed E-state index contributed by atoms with van der Waals surface area (Å²) in [4.78, 5) is 5.96. The number of ether oxygens (including phenoxy) is 3. The minimum absolute atomic E-state index is 0.264. The largest absolute Gasteiger partial charge is 0.494 e. The first-order chi connectivity index (χ1) is 13.5. The summed E-state index contributed by atoms with van der Waals surface area (Å²) in [6.45, 7) is 1.45. The van der Waals surface area contributed by atoms with Crippen LogP contribution in [0.4, 0.5) is 4.39 Å². The highest BCUT2D eigenvalue weighted by Crippen LogP contribution is 2.33. The van der Waals surface area contributed by atoms with Gasteiger partial charge in [0.05, 0.1) is 28.4 Å². The molecule has 3 rings (SSSR count). The molecular weight excluding hydrogens is 379 g/mol. The highest BCUT2D eigenvalue weighted by molar-refractivity contribution is 7.13. The Labute approximate surface area is 168 Å². The maximum atomic E-state index is 13.9. The van der Waals surface area contributed by atoms with Gasteiger partial charge in [0, 0.05) is 16.5 Å². The van der Waals surface area contributed by atoms with Gasteiger partial charge in [-0.3, -0.25) is 0 Å². The second kappa shape index (κ2) is 9.03. The molecular formula is C21H24FN2O3S+. The molecule has 0 saturated heterocycles. The number of hydrogen-bond acceptors (Lipinski definition) is 5. The molecule has 0 saturated carbocycles. The zero-order chi connectivity index (χ0) is 20.1. The van der Waals surface area contributed by atoms with Crippen LogP contribution in [0.1, 0.15) is 11.3 Å². The summed E-state index contributed by atoms with van der Waals surface area (Å²) in [5.41, 5.74) is 2.91. The number of rotatable bonds is 8. The van der Waals surface area contributed by atoms with E-state index in [4.69, 9.17) is 19.2 Å². The number of benzene rings is 2. The molecule has 0 amide bonds. The smallest absolute Gasteiger partial charge is 0.165 e. The minimum Gasteiger partial charge on any atom is -0.494 e. The van der Waals surface area contributed by atoms with Crippen molar-refractivity contribution >= 4 is 11.3 Å². The zero-order valence-electron chi connectivity index (χ0n) is 16.4. The fourth-order valence-corrected chi connectivity index (χ4v) is 3.85. The Morgan fingerprint density at radius 3 is 2.32 bits per heavy atom. The number of aromatic nitrogens is 1. The van der Waals surface area contributed by atoms with Gasteiger partial charge >= 0.3 is 0 Å². The molecule has 0 bridgehead atoms. The van der Waals surface area contributed by atoms with E-state index in [1.807, 2.05) is 24.3 Å². The van der Waals surface area contributed by atoms with Crippen molar-refractivity contribution in [1.82, 2.24) is 4.98 Å². The van der Waals surface area contributed by atoms with Crippen molar-refractivity contribution in [3.8, 4) is 27.8 Å². The molecule has 1 aromatic heterocycles.